The van der Waals surface area contributed by atoms with Crippen LogP contribution < -0.4 is 10.1 Å². The Hall–Kier alpha value is -0.440. The summed E-state index contributed by atoms with van der Waals surface area (Å²) >= 11 is 6.40. The molecule has 17 heavy (non-hydrogen) atoms. The third kappa shape index (κ3) is 2.54. The molecule has 1 fully saturated rings. The van der Waals surface area contributed by atoms with Gasteiger partial charge in [0.15, 0.2) is 0 Å². The van der Waals surface area contributed by atoms with E-state index >= 15 is 0 Å². The first kappa shape index (κ1) is 13.0. The summed E-state index contributed by atoms with van der Waals surface area (Å²) in [5.74, 6) is 0.881. The van der Waals surface area contributed by atoms with Gasteiger partial charge >= 0.3 is 0 Å². The maximum atomic E-state index is 6.40. The highest BCUT2D eigenvalue weighted by atomic mass is 35.5. The normalized spacial score (nSPS) is 18.9. The zero-order valence-corrected chi connectivity index (χ0v) is 11.2. The van der Waals surface area contributed by atoms with E-state index in [1.54, 1.807) is 0 Å². The summed E-state index contributed by atoms with van der Waals surface area (Å²) < 4.78 is 5.89. The third-order valence-electron chi connectivity index (χ3n) is 3.52. The Labute approximate surface area is 113 Å². The first-order chi connectivity index (χ1) is 7.84. The maximum absolute atomic E-state index is 6.40. The summed E-state index contributed by atoms with van der Waals surface area (Å²) in [6.07, 6.45) is 5.05. The van der Waals surface area contributed by atoms with Crippen molar-refractivity contribution in [1.29, 1.82) is 0 Å². The lowest BCUT2D eigenvalue weighted by molar-refractivity contribution is 0.120. The van der Waals surface area contributed by atoms with Crippen molar-refractivity contribution < 1.29 is 4.74 Å². The van der Waals surface area contributed by atoms with E-state index in [9.17, 15) is 0 Å². The number of ether oxygens (including phenoxy) is 1. The topological polar surface area (TPSA) is 21.3 Å². The lowest BCUT2D eigenvalue weighted by Gasteiger charge is -2.28. The molecule has 0 amide bonds. The quantitative estimate of drug-likeness (QED) is 0.893. The highest BCUT2D eigenvalue weighted by Gasteiger charge is 2.22. The van der Waals surface area contributed by atoms with Crippen LogP contribution in [-0.2, 0) is 13.0 Å². The van der Waals surface area contributed by atoms with E-state index in [1.807, 2.05) is 6.07 Å². The lowest BCUT2D eigenvalue weighted by Crippen LogP contribution is -2.26. The Morgan fingerprint density at radius 3 is 2.82 bits per heavy atom. The molecule has 2 aliphatic rings. The molecule has 3 rings (SSSR count). The van der Waals surface area contributed by atoms with Gasteiger partial charge < -0.3 is 10.1 Å². The zero-order valence-electron chi connectivity index (χ0n) is 9.67. The molecule has 0 unspecified atom stereocenters. The smallest absolute Gasteiger partial charge is 0.138 e. The molecule has 1 saturated carbocycles. The molecule has 0 bridgehead atoms. The summed E-state index contributed by atoms with van der Waals surface area (Å²) in [6, 6.07) is 4.16. The first-order valence-corrected chi connectivity index (χ1v) is 6.40. The van der Waals surface area contributed by atoms with Gasteiger partial charge in [0.1, 0.15) is 5.75 Å². The second-order valence-corrected chi connectivity index (χ2v) is 4.99. The van der Waals surface area contributed by atoms with Gasteiger partial charge in [0, 0.05) is 6.54 Å². The molecule has 0 spiro atoms. The molecule has 4 heteroatoms. The largest absolute Gasteiger partial charge is 0.489 e. The van der Waals surface area contributed by atoms with Crippen LogP contribution in [0.15, 0.2) is 12.1 Å². The van der Waals surface area contributed by atoms with Crippen LogP contribution in [0.2, 0.25) is 5.02 Å². The molecule has 1 heterocycles. The van der Waals surface area contributed by atoms with E-state index in [0.717, 1.165) is 30.3 Å². The molecular weight excluding hydrogens is 257 g/mol. The standard InChI is InChI=1S/C13H16ClNO.ClH/c14-13-11-6-7-15-8-9(11)4-5-12(13)16-10-2-1-3-10;/h4-5,10,15H,1-3,6-8H2;1H. The van der Waals surface area contributed by atoms with E-state index in [1.165, 1.54) is 30.4 Å². The van der Waals surface area contributed by atoms with E-state index in [0.29, 0.717) is 6.10 Å². The minimum absolute atomic E-state index is 0. The van der Waals surface area contributed by atoms with Crippen LogP contribution in [0.1, 0.15) is 30.4 Å². The molecule has 1 aromatic carbocycles. The van der Waals surface area contributed by atoms with Crippen molar-refractivity contribution in [3.63, 3.8) is 0 Å². The van der Waals surface area contributed by atoms with Gasteiger partial charge in [-0.25, -0.2) is 0 Å². The van der Waals surface area contributed by atoms with Gasteiger partial charge in [0.2, 0.25) is 0 Å². The Kier molecular flexibility index (Phi) is 4.18. The molecule has 0 aromatic heterocycles. The molecule has 0 atom stereocenters. The van der Waals surface area contributed by atoms with Crippen molar-refractivity contribution in [2.45, 2.75) is 38.3 Å². The maximum Gasteiger partial charge on any atom is 0.138 e. The van der Waals surface area contributed by atoms with Crippen molar-refractivity contribution >= 4 is 24.0 Å². The van der Waals surface area contributed by atoms with E-state index in [2.05, 4.69) is 11.4 Å². The molecule has 2 nitrogen and oxygen atoms in total. The fourth-order valence-corrected chi connectivity index (χ4v) is 2.59. The van der Waals surface area contributed by atoms with Gasteiger partial charge in [0.25, 0.3) is 0 Å². The molecule has 0 saturated heterocycles. The van der Waals surface area contributed by atoms with Crippen LogP contribution in [-0.4, -0.2) is 12.6 Å². The van der Waals surface area contributed by atoms with Gasteiger partial charge in [-0.05, 0) is 49.4 Å². The monoisotopic (exact) mass is 273 g/mol. The number of nitrogens with one attached hydrogen (secondary N) is 1. The summed E-state index contributed by atoms with van der Waals surface area (Å²) in [4.78, 5) is 0. The van der Waals surface area contributed by atoms with Crippen molar-refractivity contribution in [3.8, 4) is 5.75 Å². The van der Waals surface area contributed by atoms with Crippen molar-refractivity contribution in [2.75, 3.05) is 6.54 Å². The van der Waals surface area contributed by atoms with Crippen LogP contribution in [0.25, 0.3) is 0 Å². The number of halogens is 2. The fourth-order valence-electron chi connectivity index (χ4n) is 2.27. The highest BCUT2D eigenvalue weighted by molar-refractivity contribution is 6.33. The van der Waals surface area contributed by atoms with Gasteiger partial charge in [-0.1, -0.05) is 17.7 Å². The van der Waals surface area contributed by atoms with Crippen LogP contribution in [0.3, 0.4) is 0 Å². The summed E-state index contributed by atoms with van der Waals surface area (Å²) in [7, 11) is 0. The molecule has 0 radical (unpaired) electrons. The molecule has 1 N–H and O–H groups in total. The van der Waals surface area contributed by atoms with Crippen LogP contribution in [0.5, 0.6) is 5.75 Å². The molecule has 1 aliphatic heterocycles. The summed E-state index contributed by atoms with van der Waals surface area (Å²) in [5, 5.41) is 4.19. The minimum Gasteiger partial charge on any atom is -0.489 e. The minimum atomic E-state index is 0. The Morgan fingerprint density at radius 1 is 1.29 bits per heavy atom. The predicted octanol–water partition coefficient (Wildman–Crippen LogP) is 3.34. The van der Waals surface area contributed by atoms with Crippen molar-refractivity contribution in [2.24, 2.45) is 0 Å². The number of hydrogen-bond donors (Lipinski definition) is 1. The molecule has 94 valence electrons. The molecule has 1 aromatic rings. The lowest BCUT2D eigenvalue weighted by atomic mass is 9.96. The van der Waals surface area contributed by atoms with Gasteiger partial charge in [-0.3, -0.25) is 0 Å². The van der Waals surface area contributed by atoms with Crippen molar-refractivity contribution in [1.82, 2.24) is 5.32 Å². The van der Waals surface area contributed by atoms with Crippen LogP contribution >= 0.6 is 24.0 Å². The second kappa shape index (κ2) is 5.47. The van der Waals surface area contributed by atoms with Crippen LogP contribution in [0, 0.1) is 0 Å². The number of fused-ring (bicyclic) bond motifs is 1. The summed E-state index contributed by atoms with van der Waals surface area (Å²) in [6.45, 7) is 1.94. The van der Waals surface area contributed by atoms with E-state index < -0.39 is 0 Å². The average molecular weight is 274 g/mol. The van der Waals surface area contributed by atoms with Gasteiger partial charge in [-0.2, -0.15) is 0 Å². The average Bonchev–Trinajstić information content (AvgIpc) is 2.26. The second-order valence-electron chi connectivity index (χ2n) is 4.61. The van der Waals surface area contributed by atoms with Gasteiger partial charge in [0.05, 0.1) is 11.1 Å². The van der Waals surface area contributed by atoms with Crippen molar-refractivity contribution in [3.05, 3.63) is 28.3 Å². The Balaban J connectivity index is 0.00000108. The molecular formula is C13H17Cl2NO. The Morgan fingerprint density at radius 2 is 2.12 bits per heavy atom. The fraction of sp³-hybridized carbons (Fsp3) is 0.538. The predicted molar refractivity (Wildman–Crippen MR) is 72.4 cm³/mol. The molecule has 1 aliphatic carbocycles. The van der Waals surface area contributed by atoms with E-state index in [-0.39, 0.29) is 12.4 Å². The number of hydrogen-bond acceptors (Lipinski definition) is 2. The summed E-state index contributed by atoms with van der Waals surface area (Å²) in [5.41, 5.74) is 2.59. The highest BCUT2D eigenvalue weighted by Crippen LogP contribution is 2.35. The van der Waals surface area contributed by atoms with Gasteiger partial charge in [-0.15, -0.1) is 12.4 Å². The SMILES string of the molecule is Cl.Clc1c(OC2CCC2)ccc2c1CCNC2. The van der Waals surface area contributed by atoms with E-state index in [4.69, 9.17) is 16.3 Å². The first-order valence-electron chi connectivity index (χ1n) is 6.02. The number of rotatable bonds is 2. The third-order valence-corrected chi connectivity index (χ3v) is 3.93. The van der Waals surface area contributed by atoms with Crippen LogP contribution in [0.4, 0.5) is 0 Å². The zero-order chi connectivity index (χ0) is 11.0. The Bertz CT molecular complexity index is 405. The number of benzene rings is 1.